The zero-order valence-corrected chi connectivity index (χ0v) is 12.1. The molecule has 112 valence electrons. The van der Waals surface area contributed by atoms with Crippen molar-refractivity contribution >= 4 is 5.69 Å². The van der Waals surface area contributed by atoms with Crippen LogP contribution in [-0.2, 0) is 4.74 Å². The van der Waals surface area contributed by atoms with Crippen LogP contribution in [0.2, 0.25) is 0 Å². The van der Waals surface area contributed by atoms with Gasteiger partial charge in [-0.3, -0.25) is 0 Å². The lowest BCUT2D eigenvalue weighted by molar-refractivity contribution is 0.0731. The van der Waals surface area contributed by atoms with Crippen LogP contribution in [0.25, 0.3) is 0 Å². The van der Waals surface area contributed by atoms with E-state index in [0.717, 1.165) is 31.9 Å². The van der Waals surface area contributed by atoms with Gasteiger partial charge >= 0.3 is 0 Å². The predicted octanol–water partition coefficient (Wildman–Crippen LogP) is 2.40. The monoisotopic (exact) mass is 282 g/mol. The molecule has 0 radical (unpaired) electrons. The average molecular weight is 282 g/mol. The Hall–Kier alpha value is -1.33. The molecule has 5 heteroatoms. The van der Waals surface area contributed by atoms with Crippen LogP contribution in [0, 0.1) is 5.82 Å². The highest BCUT2D eigenvalue weighted by Gasteiger charge is 2.16. The van der Waals surface area contributed by atoms with Crippen LogP contribution in [0.1, 0.15) is 20.3 Å². The lowest BCUT2D eigenvalue weighted by Crippen LogP contribution is -2.43. The number of rotatable bonds is 6. The topological polar surface area (TPSA) is 42.5 Å². The molecular weight excluding hydrogens is 259 g/mol. The number of morpholine rings is 1. The summed E-state index contributed by atoms with van der Waals surface area (Å²) in [4.78, 5) is 0. The molecule has 1 fully saturated rings. The van der Waals surface area contributed by atoms with E-state index in [1.54, 1.807) is 6.07 Å². The van der Waals surface area contributed by atoms with Crippen LogP contribution in [0.5, 0.6) is 5.75 Å². The highest BCUT2D eigenvalue weighted by molar-refractivity contribution is 5.47. The van der Waals surface area contributed by atoms with Gasteiger partial charge < -0.3 is 20.1 Å². The molecule has 20 heavy (non-hydrogen) atoms. The maximum atomic E-state index is 13.7. The SMILES string of the molecule is CCOc1ccc(NC(C)CC2COCCN2)cc1F. The number of benzene rings is 1. The first-order chi connectivity index (χ1) is 9.69. The normalized spacial score (nSPS) is 20.4. The van der Waals surface area contributed by atoms with Crippen molar-refractivity contribution in [3.63, 3.8) is 0 Å². The number of ether oxygens (including phenoxy) is 2. The largest absolute Gasteiger partial charge is 0.491 e. The Morgan fingerprint density at radius 1 is 1.55 bits per heavy atom. The molecular formula is C15H23FN2O2. The fourth-order valence-electron chi connectivity index (χ4n) is 2.40. The number of hydrogen-bond donors (Lipinski definition) is 2. The highest BCUT2D eigenvalue weighted by Crippen LogP contribution is 2.22. The molecule has 0 amide bonds. The van der Waals surface area contributed by atoms with Gasteiger partial charge in [0.1, 0.15) is 0 Å². The molecule has 0 aliphatic carbocycles. The van der Waals surface area contributed by atoms with Crippen molar-refractivity contribution < 1.29 is 13.9 Å². The molecule has 2 rings (SSSR count). The fourth-order valence-corrected chi connectivity index (χ4v) is 2.40. The van der Waals surface area contributed by atoms with Crippen LogP contribution < -0.4 is 15.4 Å². The molecule has 1 aromatic carbocycles. The molecule has 4 nitrogen and oxygen atoms in total. The summed E-state index contributed by atoms with van der Waals surface area (Å²) >= 11 is 0. The molecule has 0 spiro atoms. The third kappa shape index (κ3) is 4.35. The van der Waals surface area contributed by atoms with Crippen molar-refractivity contribution in [2.24, 2.45) is 0 Å². The standard InChI is InChI=1S/C15H23FN2O2/c1-3-20-15-5-4-12(9-14(15)16)18-11(2)8-13-10-19-7-6-17-13/h4-5,9,11,13,17-18H,3,6-8,10H2,1-2H3. The Morgan fingerprint density at radius 3 is 3.05 bits per heavy atom. The molecule has 1 aliphatic heterocycles. The van der Waals surface area contributed by atoms with E-state index in [0.29, 0.717) is 18.4 Å². The first kappa shape index (κ1) is 15.1. The fraction of sp³-hybridized carbons (Fsp3) is 0.600. The van der Waals surface area contributed by atoms with E-state index in [4.69, 9.17) is 9.47 Å². The number of anilines is 1. The van der Waals surface area contributed by atoms with E-state index in [2.05, 4.69) is 17.6 Å². The van der Waals surface area contributed by atoms with E-state index in [-0.39, 0.29) is 11.9 Å². The minimum Gasteiger partial charge on any atom is -0.491 e. The quantitative estimate of drug-likeness (QED) is 0.841. The number of nitrogens with one attached hydrogen (secondary N) is 2. The molecule has 2 atom stereocenters. The van der Waals surface area contributed by atoms with Gasteiger partial charge in [0.25, 0.3) is 0 Å². The molecule has 0 bridgehead atoms. The van der Waals surface area contributed by atoms with Crippen molar-refractivity contribution in [1.82, 2.24) is 5.32 Å². The maximum absolute atomic E-state index is 13.7. The van der Waals surface area contributed by atoms with Gasteiger partial charge in [-0.1, -0.05) is 0 Å². The predicted molar refractivity (Wildman–Crippen MR) is 77.9 cm³/mol. The van der Waals surface area contributed by atoms with Gasteiger partial charge in [-0.05, 0) is 32.4 Å². The summed E-state index contributed by atoms with van der Waals surface area (Å²) in [6.07, 6.45) is 0.939. The van der Waals surface area contributed by atoms with Gasteiger partial charge in [0, 0.05) is 30.4 Å². The van der Waals surface area contributed by atoms with Gasteiger partial charge in [-0.25, -0.2) is 4.39 Å². The summed E-state index contributed by atoms with van der Waals surface area (Å²) < 4.78 is 24.4. The second kappa shape index (κ2) is 7.45. The third-order valence-electron chi connectivity index (χ3n) is 3.28. The Labute approximate surface area is 119 Å². The number of hydrogen-bond acceptors (Lipinski definition) is 4. The molecule has 1 saturated heterocycles. The summed E-state index contributed by atoms with van der Waals surface area (Å²) in [5, 5.41) is 6.72. The average Bonchev–Trinajstić information content (AvgIpc) is 2.43. The van der Waals surface area contributed by atoms with Crippen molar-refractivity contribution in [1.29, 1.82) is 0 Å². The van der Waals surface area contributed by atoms with Crippen LogP contribution >= 0.6 is 0 Å². The van der Waals surface area contributed by atoms with E-state index in [1.165, 1.54) is 6.07 Å². The van der Waals surface area contributed by atoms with Crippen molar-refractivity contribution in [3.8, 4) is 5.75 Å². The smallest absolute Gasteiger partial charge is 0.167 e. The third-order valence-corrected chi connectivity index (χ3v) is 3.28. The summed E-state index contributed by atoms with van der Waals surface area (Å²) in [5.41, 5.74) is 0.773. The summed E-state index contributed by atoms with van der Waals surface area (Å²) in [6.45, 7) is 6.81. The Kier molecular flexibility index (Phi) is 5.61. The zero-order valence-electron chi connectivity index (χ0n) is 12.1. The lowest BCUT2D eigenvalue weighted by atomic mass is 10.1. The minimum atomic E-state index is -0.330. The summed E-state index contributed by atoms with van der Waals surface area (Å²) in [6, 6.07) is 5.59. The van der Waals surface area contributed by atoms with E-state index < -0.39 is 0 Å². The van der Waals surface area contributed by atoms with Crippen LogP contribution in [0.3, 0.4) is 0 Å². The molecule has 0 aromatic heterocycles. The van der Waals surface area contributed by atoms with Crippen LogP contribution in [0.4, 0.5) is 10.1 Å². The Bertz CT molecular complexity index is 422. The van der Waals surface area contributed by atoms with Crippen molar-refractivity contribution in [3.05, 3.63) is 24.0 Å². The van der Waals surface area contributed by atoms with Gasteiger partial charge in [0.15, 0.2) is 11.6 Å². The lowest BCUT2D eigenvalue weighted by Gasteiger charge is -2.27. The first-order valence-electron chi connectivity index (χ1n) is 7.19. The zero-order chi connectivity index (χ0) is 14.4. The number of halogens is 1. The van der Waals surface area contributed by atoms with Crippen LogP contribution in [0.15, 0.2) is 18.2 Å². The van der Waals surface area contributed by atoms with E-state index in [1.807, 2.05) is 13.0 Å². The van der Waals surface area contributed by atoms with Crippen molar-refractivity contribution in [2.45, 2.75) is 32.4 Å². The van der Waals surface area contributed by atoms with Crippen LogP contribution in [-0.4, -0.2) is 38.4 Å². The van der Waals surface area contributed by atoms with Crippen molar-refractivity contribution in [2.75, 3.05) is 31.7 Å². The molecule has 0 saturated carbocycles. The minimum absolute atomic E-state index is 0.242. The molecule has 2 unspecified atom stereocenters. The van der Waals surface area contributed by atoms with Gasteiger partial charge in [-0.2, -0.15) is 0 Å². The second-order valence-electron chi connectivity index (χ2n) is 5.09. The molecule has 1 aromatic rings. The Balaban J connectivity index is 1.86. The van der Waals surface area contributed by atoms with Gasteiger partial charge in [0.05, 0.1) is 19.8 Å². The first-order valence-corrected chi connectivity index (χ1v) is 7.19. The summed E-state index contributed by atoms with van der Waals surface area (Å²) in [7, 11) is 0. The second-order valence-corrected chi connectivity index (χ2v) is 5.09. The molecule has 1 heterocycles. The van der Waals surface area contributed by atoms with E-state index >= 15 is 0 Å². The Morgan fingerprint density at radius 2 is 2.40 bits per heavy atom. The molecule has 2 N–H and O–H groups in total. The highest BCUT2D eigenvalue weighted by atomic mass is 19.1. The van der Waals surface area contributed by atoms with Gasteiger partial charge in [-0.15, -0.1) is 0 Å². The van der Waals surface area contributed by atoms with E-state index in [9.17, 15) is 4.39 Å². The summed E-state index contributed by atoms with van der Waals surface area (Å²) in [5.74, 6) is -0.0313. The maximum Gasteiger partial charge on any atom is 0.167 e. The van der Waals surface area contributed by atoms with Gasteiger partial charge in [0.2, 0.25) is 0 Å². The molecule has 1 aliphatic rings.